The molecule has 1 aliphatic heterocycles. The Kier molecular flexibility index (Phi) is 5.69. The number of benzene rings is 1. The van der Waals surface area contributed by atoms with Gasteiger partial charge < -0.3 is 20.1 Å². The molecule has 1 atom stereocenters. The standard InChI is InChI=1S/C25H22N4O4S/c1-3-8-27-25(32)29-15(2)11-16-12-18(4-5-20(16)29)33-21-6-9-26-19-13-22(34-23(19)21)24(31)28-10-7-17(30)14-28/h1,4-6,9,11-13,17,30H,7-8,10,14H2,2H3,(H,27,32). The van der Waals surface area contributed by atoms with E-state index >= 15 is 0 Å². The van der Waals surface area contributed by atoms with Gasteiger partial charge in [-0.3, -0.25) is 14.3 Å². The third-order valence-electron chi connectivity index (χ3n) is 5.77. The van der Waals surface area contributed by atoms with Crippen molar-refractivity contribution in [2.45, 2.75) is 19.4 Å². The molecule has 4 aromatic rings. The lowest BCUT2D eigenvalue weighted by molar-refractivity contribution is 0.0769. The lowest BCUT2D eigenvalue weighted by Gasteiger charge is -2.13. The second kappa shape index (κ2) is 8.82. The third kappa shape index (κ3) is 3.98. The summed E-state index contributed by atoms with van der Waals surface area (Å²) in [5.41, 5.74) is 2.20. The molecule has 34 heavy (non-hydrogen) atoms. The summed E-state index contributed by atoms with van der Waals surface area (Å²) in [6.07, 6.45) is 7.02. The number of ether oxygens (including phenoxy) is 1. The molecule has 3 aromatic heterocycles. The SMILES string of the molecule is C#CCNC(=O)n1c(C)cc2cc(Oc3ccnc4cc(C(=O)N5CCC(O)C5)sc34)ccc21. The number of aromatic nitrogens is 2. The van der Waals surface area contributed by atoms with Gasteiger partial charge in [0.2, 0.25) is 0 Å². The molecule has 8 nitrogen and oxygen atoms in total. The van der Waals surface area contributed by atoms with E-state index in [4.69, 9.17) is 11.2 Å². The van der Waals surface area contributed by atoms with Gasteiger partial charge in [0.1, 0.15) is 11.5 Å². The summed E-state index contributed by atoms with van der Waals surface area (Å²) in [6, 6.07) is 10.6. The molecule has 1 aromatic carbocycles. The maximum atomic E-state index is 12.8. The zero-order valence-corrected chi connectivity index (χ0v) is 19.3. The quantitative estimate of drug-likeness (QED) is 0.439. The number of nitrogens with one attached hydrogen (secondary N) is 1. The minimum Gasteiger partial charge on any atom is -0.456 e. The van der Waals surface area contributed by atoms with Crippen molar-refractivity contribution in [2.75, 3.05) is 19.6 Å². The zero-order chi connectivity index (χ0) is 23.8. The lowest BCUT2D eigenvalue weighted by Crippen LogP contribution is -2.29. The normalized spacial score (nSPS) is 15.6. The number of hydrogen-bond acceptors (Lipinski definition) is 6. The Morgan fingerprint density at radius 2 is 2.18 bits per heavy atom. The summed E-state index contributed by atoms with van der Waals surface area (Å²) in [7, 11) is 0. The fourth-order valence-electron chi connectivity index (χ4n) is 4.18. The molecule has 0 spiro atoms. The van der Waals surface area contributed by atoms with Crippen LogP contribution in [0, 0.1) is 19.3 Å². The molecule has 0 saturated carbocycles. The van der Waals surface area contributed by atoms with Gasteiger partial charge in [-0.15, -0.1) is 17.8 Å². The Labute approximate surface area is 199 Å². The molecule has 1 aliphatic rings. The molecule has 4 heterocycles. The van der Waals surface area contributed by atoms with Crippen molar-refractivity contribution in [3.05, 3.63) is 53.2 Å². The molecule has 0 aliphatic carbocycles. The van der Waals surface area contributed by atoms with Gasteiger partial charge in [0, 0.05) is 36.4 Å². The summed E-state index contributed by atoms with van der Waals surface area (Å²) in [4.78, 5) is 31.9. The van der Waals surface area contributed by atoms with E-state index in [2.05, 4.69) is 16.2 Å². The van der Waals surface area contributed by atoms with Crippen LogP contribution < -0.4 is 10.1 Å². The number of aliphatic hydroxyl groups excluding tert-OH is 1. The van der Waals surface area contributed by atoms with Crippen LogP contribution in [-0.2, 0) is 0 Å². The highest BCUT2D eigenvalue weighted by Gasteiger charge is 2.27. The van der Waals surface area contributed by atoms with Crippen LogP contribution in [0.5, 0.6) is 11.5 Å². The number of terminal acetylenes is 1. The van der Waals surface area contributed by atoms with Gasteiger partial charge in [-0.25, -0.2) is 4.79 Å². The molecule has 2 amide bonds. The number of nitrogens with zero attached hydrogens (tertiary/aromatic N) is 3. The van der Waals surface area contributed by atoms with E-state index in [1.165, 1.54) is 11.3 Å². The van der Waals surface area contributed by atoms with Crippen molar-refractivity contribution in [3.63, 3.8) is 0 Å². The van der Waals surface area contributed by atoms with Crippen LogP contribution in [0.4, 0.5) is 4.79 Å². The van der Waals surface area contributed by atoms with Gasteiger partial charge in [0.15, 0.2) is 0 Å². The minimum atomic E-state index is -0.466. The van der Waals surface area contributed by atoms with Gasteiger partial charge in [0.25, 0.3) is 5.91 Å². The van der Waals surface area contributed by atoms with Crippen molar-refractivity contribution < 1.29 is 19.4 Å². The number of amides is 2. The molecule has 5 rings (SSSR count). The molecular weight excluding hydrogens is 452 g/mol. The second-order valence-corrected chi connectivity index (χ2v) is 9.19. The monoisotopic (exact) mass is 474 g/mol. The van der Waals surface area contributed by atoms with Crippen LogP contribution in [0.25, 0.3) is 21.1 Å². The maximum absolute atomic E-state index is 12.8. The van der Waals surface area contributed by atoms with Crippen molar-refractivity contribution >= 4 is 44.4 Å². The maximum Gasteiger partial charge on any atom is 0.327 e. The predicted octanol–water partition coefficient (Wildman–Crippen LogP) is 3.75. The van der Waals surface area contributed by atoms with Gasteiger partial charge >= 0.3 is 6.03 Å². The van der Waals surface area contributed by atoms with Gasteiger partial charge in [-0.2, -0.15) is 0 Å². The number of rotatable bonds is 4. The van der Waals surface area contributed by atoms with Crippen molar-refractivity contribution in [2.24, 2.45) is 0 Å². The van der Waals surface area contributed by atoms with E-state index in [-0.39, 0.29) is 18.5 Å². The van der Waals surface area contributed by atoms with E-state index in [9.17, 15) is 14.7 Å². The highest BCUT2D eigenvalue weighted by Crippen LogP contribution is 2.36. The smallest absolute Gasteiger partial charge is 0.327 e. The Bertz CT molecular complexity index is 1470. The summed E-state index contributed by atoms with van der Waals surface area (Å²) < 4.78 is 8.53. The first kappa shape index (κ1) is 21.9. The number of pyridine rings is 1. The number of carbonyl (C=O) groups is 2. The molecule has 2 N–H and O–H groups in total. The minimum absolute atomic E-state index is 0.105. The Hall–Kier alpha value is -3.87. The number of thiophene rings is 1. The Morgan fingerprint density at radius 3 is 2.94 bits per heavy atom. The van der Waals surface area contributed by atoms with Crippen molar-refractivity contribution in [3.8, 4) is 23.8 Å². The number of likely N-dealkylation sites (tertiary alicyclic amines) is 1. The van der Waals surface area contributed by atoms with Crippen LogP contribution in [0.3, 0.4) is 0 Å². The number of β-amino-alcohol motifs (C(OH)–C–C–N with tert-alkyl or cyclic N) is 1. The van der Waals surface area contributed by atoms with Crippen LogP contribution in [0.15, 0.2) is 42.6 Å². The topological polar surface area (TPSA) is 96.7 Å². The number of fused-ring (bicyclic) bond motifs is 2. The fraction of sp³-hybridized carbons (Fsp3) is 0.240. The third-order valence-corrected chi connectivity index (χ3v) is 6.89. The van der Waals surface area contributed by atoms with E-state index in [0.717, 1.165) is 21.3 Å². The van der Waals surface area contributed by atoms with Gasteiger partial charge in [0.05, 0.1) is 33.3 Å². The molecular formula is C25H22N4O4S. The van der Waals surface area contributed by atoms with Crippen LogP contribution >= 0.6 is 11.3 Å². The van der Waals surface area contributed by atoms with Crippen LogP contribution in [0.2, 0.25) is 0 Å². The first-order chi connectivity index (χ1) is 16.4. The molecule has 172 valence electrons. The number of hydrogen-bond donors (Lipinski definition) is 2. The molecule has 0 bridgehead atoms. The van der Waals surface area contributed by atoms with E-state index in [0.29, 0.717) is 41.4 Å². The van der Waals surface area contributed by atoms with Crippen molar-refractivity contribution in [1.82, 2.24) is 19.8 Å². The van der Waals surface area contributed by atoms with E-state index in [1.807, 2.05) is 25.1 Å². The largest absolute Gasteiger partial charge is 0.456 e. The molecule has 0 radical (unpaired) electrons. The second-order valence-electron chi connectivity index (χ2n) is 8.13. The summed E-state index contributed by atoms with van der Waals surface area (Å²) in [5.74, 6) is 3.49. The summed E-state index contributed by atoms with van der Waals surface area (Å²) >= 11 is 1.33. The first-order valence-electron chi connectivity index (χ1n) is 10.8. The summed E-state index contributed by atoms with van der Waals surface area (Å²) in [5, 5.41) is 13.3. The zero-order valence-electron chi connectivity index (χ0n) is 18.4. The van der Waals surface area contributed by atoms with E-state index in [1.54, 1.807) is 33.9 Å². The highest BCUT2D eigenvalue weighted by molar-refractivity contribution is 7.21. The van der Waals surface area contributed by atoms with Crippen LogP contribution in [-0.4, -0.2) is 57.2 Å². The van der Waals surface area contributed by atoms with Crippen LogP contribution in [0.1, 0.15) is 21.8 Å². The Morgan fingerprint density at radius 1 is 1.32 bits per heavy atom. The molecule has 1 unspecified atom stereocenters. The first-order valence-corrected chi connectivity index (χ1v) is 11.6. The highest BCUT2D eigenvalue weighted by atomic mass is 32.1. The van der Waals surface area contributed by atoms with Gasteiger partial charge in [-0.1, -0.05) is 5.92 Å². The summed E-state index contributed by atoms with van der Waals surface area (Å²) in [6.45, 7) is 2.90. The lowest BCUT2D eigenvalue weighted by atomic mass is 10.2. The predicted molar refractivity (Wildman–Crippen MR) is 131 cm³/mol. The van der Waals surface area contributed by atoms with Gasteiger partial charge in [-0.05, 0) is 43.7 Å². The molecule has 1 saturated heterocycles. The molecule has 9 heteroatoms. The number of aryl methyl sites for hydroxylation is 1. The average molecular weight is 475 g/mol. The molecule has 1 fully saturated rings. The Balaban J connectivity index is 1.43. The number of carbonyl (C=O) groups excluding carboxylic acids is 2. The number of aliphatic hydroxyl groups is 1. The average Bonchev–Trinajstić information content (AvgIpc) is 3.53. The fourth-order valence-corrected chi connectivity index (χ4v) is 5.21. The van der Waals surface area contributed by atoms with E-state index < -0.39 is 6.10 Å². The van der Waals surface area contributed by atoms with Crippen molar-refractivity contribution in [1.29, 1.82) is 0 Å².